The van der Waals surface area contributed by atoms with Gasteiger partial charge in [-0.2, -0.15) is 0 Å². The van der Waals surface area contributed by atoms with Crippen molar-refractivity contribution in [1.82, 2.24) is 14.9 Å². The first-order chi connectivity index (χ1) is 11.0. The second kappa shape index (κ2) is 7.60. The molecule has 7 nitrogen and oxygen atoms in total. The van der Waals surface area contributed by atoms with Crippen molar-refractivity contribution >= 4 is 45.3 Å². The Morgan fingerprint density at radius 1 is 1.43 bits per heavy atom. The number of thiophene rings is 1. The molecule has 0 atom stereocenters. The third kappa shape index (κ3) is 4.11. The predicted molar refractivity (Wildman–Crippen MR) is 92.0 cm³/mol. The summed E-state index contributed by atoms with van der Waals surface area (Å²) in [5.74, 6) is -0.545. The maximum absolute atomic E-state index is 12.6. The minimum absolute atomic E-state index is 0.0311. The highest BCUT2D eigenvalue weighted by molar-refractivity contribution is 7.99. The Bertz CT molecular complexity index is 797. The van der Waals surface area contributed by atoms with Gasteiger partial charge < -0.3 is 5.73 Å². The third-order valence-corrected chi connectivity index (χ3v) is 5.21. The van der Waals surface area contributed by atoms with Gasteiger partial charge in [0.25, 0.3) is 5.56 Å². The van der Waals surface area contributed by atoms with E-state index >= 15 is 0 Å². The first-order valence-electron chi connectivity index (χ1n) is 7.21. The number of nitrogens with zero attached hydrogens (tertiary/aromatic N) is 2. The number of hydrogen-bond acceptors (Lipinski definition) is 6. The number of thioether (sulfide) groups is 1. The van der Waals surface area contributed by atoms with Crippen LogP contribution in [-0.4, -0.2) is 27.2 Å². The summed E-state index contributed by atoms with van der Waals surface area (Å²) < 4.78 is 1.58. The third-order valence-electron chi connectivity index (χ3n) is 3.06. The van der Waals surface area contributed by atoms with E-state index in [1.54, 1.807) is 4.57 Å². The fraction of sp³-hybridized carbons (Fsp3) is 0.429. The molecule has 2 aromatic rings. The number of aryl methyl sites for hydroxylation is 1. The number of primary amides is 1. The van der Waals surface area contributed by atoms with E-state index in [1.165, 1.54) is 11.3 Å². The molecule has 2 rings (SSSR count). The summed E-state index contributed by atoms with van der Waals surface area (Å²) >= 11 is 2.61. The number of nitrogens with one attached hydrogen (secondary N) is 1. The van der Waals surface area contributed by atoms with Crippen LogP contribution in [-0.2, 0) is 17.8 Å². The molecule has 0 fully saturated rings. The Kier molecular flexibility index (Phi) is 5.78. The lowest BCUT2D eigenvalue weighted by molar-refractivity contribution is -0.117. The van der Waals surface area contributed by atoms with Crippen molar-refractivity contribution < 1.29 is 9.59 Å². The molecule has 0 unspecified atom stereocenters. The molecule has 0 aliphatic rings. The average Bonchev–Trinajstić information content (AvgIpc) is 2.91. The molecular weight excluding hydrogens is 336 g/mol. The van der Waals surface area contributed by atoms with Gasteiger partial charge in [0.05, 0.1) is 11.1 Å². The summed E-state index contributed by atoms with van der Waals surface area (Å²) in [4.78, 5) is 41.1. The Balaban J connectivity index is 2.36. The summed E-state index contributed by atoms with van der Waals surface area (Å²) in [6.07, 6.45) is 1.62. The van der Waals surface area contributed by atoms with Gasteiger partial charge in [-0.1, -0.05) is 25.6 Å². The van der Waals surface area contributed by atoms with Gasteiger partial charge in [0.1, 0.15) is 4.83 Å². The molecular formula is C14H18N4O3S2. The molecule has 0 saturated carbocycles. The van der Waals surface area contributed by atoms with E-state index in [2.05, 4.69) is 4.98 Å². The van der Waals surface area contributed by atoms with Crippen molar-refractivity contribution in [1.29, 1.82) is 0 Å². The fourth-order valence-electron chi connectivity index (χ4n) is 2.06. The maximum atomic E-state index is 12.6. The lowest BCUT2D eigenvalue weighted by Gasteiger charge is -2.10. The van der Waals surface area contributed by atoms with E-state index in [0.717, 1.165) is 29.5 Å². The van der Waals surface area contributed by atoms with Crippen LogP contribution in [0.2, 0.25) is 0 Å². The average molecular weight is 354 g/mol. The van der Waals surface area contributed by atoms with Gasteiger partial charge in [-0.25, -0.2) is 9.78 Å². The molecule has 0 radical (unpaired) electrons. The predicted octanol–water partition coefficient (Wildman–Crippen LogP) is 1.72. The highest BCUT2D eigenvalue weighted by Crippen LogP contribution is 2.25. The number of nitrogens with two attached hydrogens (primary N) is 1. The van der Waals surface area contributed by atoms with Crippen molar-refractivity contribution in [2.75, 3.05) is 5.75 Å². The van der Waals surface area contributed by atoms with E-state index in [9.17, 15) is 14.4 Å². The monoisotopic (exact) mass is 354 g/mol. The molecule has 3 amide bonds. The molecule has 0 aliphatic carbocycles. The second-order valence-corrected chi connectivity index (χ2v) is 6.90. The van der Waals surface area contributed by atoms with Gasteiger partial charge in [-0.15, -0.1) is 11.3 Å². The van der Waals surface area contributed by atoms with Gasteiger partial charge in [0, 0.05) is 11.4 Å². The number of hydrogen-bond donors (Lipinski definition) is 2. The van der Waals surface area contributed by atoms with Gasteiger partial charge in [-0.3, -0.25) is 19.5 Å². The first-order valence-corrected chi connectivity index (χ1v) is 9.01. The van der Waals surface area contributed by atoms with Crippen LogP contribution in [0.4, 0.5) is 4.79 Å². The zero-order chi connectivity index (χ0) is 17.0. The number of carbonyl (C=O) groups is 2. The van der Waals surface area contributed by atoms with Crippen molar-refractivity contribution in [2.45, 2.75) is 38.4 Å². The summed E-state index contributed by atoms with van der Waals surface area (Å²) in [5, 5.41) is 3.09. The minimum atomic E-state index is -0.893. The van der Waals surface area contributed by atoms with E-state index in [4.69, 9.17) is 5.73 Å². The SMILES string of the molecule is CCCn1c(SCC(=O)NC(N)=O)nc2sc(CC)cc2c1=O. The standard InChI is InChI=1S/C14H18N4O3S2/c1-3-5-18-12(20)9-6-8(4-2)23-11(9)17-14(18)22-7-10(19)16-13(15)21/h6H,3-5,7H2,1-2H3,(H3,15,16,19,21). The van der Waals surface area contributed by atoms with E-state index < -0.39 is 11.9 Å². The molecule has 0 bridgehead atoms. The van der Waals surface area contributed by atoms with Gasteiger partial charge in [-0.05, 0) is 18.9 Å². The quantitative estimate of drug-likeness (QED) is 0.607. The van der Waals surface area contributed by atoms with Crippen LogP contribution in [0.5, 0.6) is 0 Å². The molecule has 0 saturated heterocycles. The lowest BCUT2D eigenvalue weighted by atomic mass is 10.3. The number of fused-ring (bicyclic) bond motifs is 1. The smallest absolute Gasteiger partial charge is 0.318 e. The summed E-state index contributed by atoms with van der Waals surface area (Å²) in [6.45, 7) is 4.52. The molecule has 3 N–H and O–H groups in total. The van der Waals surface area contributed by atoms with Crippen LogP contribution in [0.1, 0.15) is 25.1 Å². The van der Waals surface area contributed by atoms with Crippen LogP contribution in [0.3, 0.4) is 0 Å². The van der Waals surface area contributed by atoms with Crippen molar-refractivity contribution in [2.24, 2.45) is 5.73 Å². The van der Waals surface area contributed by atoms with Crippen LogP contribution < -0.4 is 16.6 Å². The number of carbonyl (C=O) groups excluding carboxylic acids is 2. The van der Waals surface area contributed by atoms with Crippen molar-refractivity contribution in [3.05, 3.63) is 21.3 Å². The number of urea groups is 1. The molecule has 0 aliphatic heterocycles. The molecule has 23 heavy (non-hydrogen) atoms. The zero-order valence-corrected chi connectivity index (χ0v) is 14.6. The Hall–Kier alpha value is -1.87. The van der Waals surface area contributed by atoms with Crippen molar-refractivity contribution in [3.63, 3.8) is 0 Å². The molecule has 9 heteroatoms. The van der Waals surface area contributed by atoms with Crippen LogP contribution >= 0.6 is 23.1 Å². The number of aromatic nitrogens is 2. The fourth-order valence-corrected chi connectivity index (χ4v) is 3.89. The maximum Gasteiger partial charge on any atom is 0.318 e. The normalized spacial score (nSPS) is 10.9. The van der Waals surface area contributed by atoms with Gasteiger partial charge in [0.2, 0.25) is 5.91 Å². The Morgan fingerprint density at radius 2 is 2.17 bits per heavy atom. The number of imide groups is 1. The topological polar surface area (TPSA) is 107 Å². The highest BCUT2D eigenvalue weighted by Gasteiger charge is 2.15. The molecule has 2 heterocycles. The highest BCUT2D eigenvalue weighted by atomic mass is 32.2. The largest absolute Gasteiger partial charge is 0.351 e. The number of amides is 3. The van der Waals surface area contributed by atoms with E-state index in [1.807, 2.05) is 25.2 Å². The second-order valence-electron chi connectivity index (χ2n) is 4.84. The summed E-state index contributed by atoms with van der Waals surface area (Å²) in [6, 6.07) is 0.992. The van der Waals surface area contributed by atoms with Crippen molar-refractivity contribution in [3.8, 4) is 0 Å². The first kappa shape index (κ1) is 17.5. The Morgan fingerprint density at radius 3 is 2.78 bits per heavy atom. The summed E-state index contributed by atoms with van der Waals surface area (Å²) in [5.41, 5.74) is 4.82. The van der Waals surface area contributed by atoms with Crippen LogP contribution in [0, 0.1) is 0 Å². The van der Waals surface area contributed by atoms with E-state index in [-0.39, 0.29) is 11.3 Å². The molecule has 2 aromatic heterocycles. The van der Waals surface area contributed by atoms with Crippen LogP contribution in [0.25, 0.3) is 10.2 Å². The Labute approximate surface area is 141 Å². The van der Waals surface area contributed by atoms with E-state index in [0.29, 0.717) is 21.9 Å². The zero-order valence-electron chi connectivity index (χ0n) is 12.9. The minimum Gasteiger partial charge on any atom is -0.351 e. The summed E-state index contributed by atoms with van der Waals surface area (Å²) in [7, 11) is 0. The lowest BCUT2D eigenvalue weighted by Crippen LogP contribution is -2.36. The van der Waals surface area contributed by atoms with Gasteiger partial charge >= 0.3 is 6.03 Å². The van der Waals surface area contributed by atoms with Crippen LogP contribution in [0.15, 0.2) is 16.0 Å². The molecule has 124 valence electrons. The van der Waals surface area contributed by atoms with Gasteiger partial charge in [0.15, 0.2) is 5.16 Å². The molecule has 0 aromatic carbocycles. The molecule has 0 spiro atoms. The number of rotatable bonds is 6.